The van der Waals surface area contributed by atoms with Crippen LogP contribution in [0, 0.1) is 0 Å². The average Bonchev–Trinajstić information content (AvgIpc) is 2.10. The first-order valence-electron chi connectivity index (χ1n) is 3.88. The topological polar surface area (TPSA) is 52.8 Å². The lowest BCUT2D eigenvalue weighted by atomic mass is 10.1. The van der Waals surface area contributed by atoms with Crippen molar-refractivity contribution in [3.63, 3.8) is 0 Å². The molecule has 2 N–H and O–H groups in total. The van der Waals surface area contributed by atoms with Crippen molar-refractivity contribution in [2.75, 3.05) is 0 Å². The van der Waals surface area contributed by atoms with E-state index in [0.717, 1.165) is 0 Å². The average molecular weight is 200 g/mol. The lowest BCUT2D eigenvalue weighted by molar-refractivity contribution is 0.318. The molecule has 1 aromatic rings. The molecule has 0 aromatic heterocycles. The number of nitrogens with zero attached hydrogens (tertiary/aromatic N) is 1. The standard InChI is InChI=1S/C9H10ClNO2/c1-2-8(11-13)7-4-3-6(10)5-9(7)12/h3-5,12-13H,2H2,1H3. The SMILES string of the molecule is CCC(=NO)c1ccc(Cl)cc1O. The van der Waals surface area contributed by atoms with E-state index < -0.39 is 0 Å². The molecule has 0 unspecified atom stereocenters. The highest BCUT2D eigenvalue weighted by atomic mass is 35.5. The molecule has 0 aliphatic rings. The normalized spacial score (nSPS) is 11.7. The summed E-state index contributed by atoms with van der Waals surface area (Å²) in [5.41, 5.74) is 0.948. The Morgan fingerprint density at radius 1 is 1.54 bits per heavy atom. The van der Waals surface area contributed by atoms with Gasteiger partial charge in [-0.1, -0.05) is 23.7 Å². The highest BCUT2D eigenvalue weighted by Gasteiger charge is 2.07. The van der Waals surface area contributed by atoms with Gasteiger partial charge in [0.05, 0.1) is 5.71 Å². The summed E-state index contributed by atoms with van der Waals surface area (Å²) in [6, 6.07) is 4.67. The summed E-state index contributed by atoms with van der Waals surface area (Å²) in [6.45, 7) is 1.84. The van der Waals surface area contributed by atoms with Crippen LogP contribution in [0.5, 0.6) is 5.75 Å². The van der Waals surface area contributed by atoms with E-state index in [4.69, 9.17) is 16.8 Å². The molecule has 0 aliphatic carbocycles. The molecule has 4 heteroatoms. The van der Waals surface area contributed by atoms with Gasteiger partial charge in [0.25, 0.3) is 0 Å². The summed E-state index contributed by atoms with van der Waals surface area (Å²) in [5, 5.41) is 21.6. The third-order valence-electron chi connectivity index (χ3n) is 1.73. The molecular formula is C9H10ClNO2. The van der Waals surface area contributed by atoms with Gasteiger partial charge in [0.2, 0.25) is 0 Å². The minimum atomic E-state index is 0.0298. The maximum atomic E-state index is 9.45. The van der Waals surface area contributed by atoms with Crippen molar-refractivity contribution in [1.82, 2.24) is 0 Å². The van der Waals surface area contributed by atoms with E-state index in [9.17, 15) is 5.11 Å². The van der Waals surface area contributed by atoms with Gasteiger partial charge in [-0.05, 0) is 24.6 Å². The van der Waals surface area contributed by atoms with E-state index in [-0.39, 0.29) is 5.75 Å². The molecule has 0 radical (unpaired) electrons. The van der Waals surface area contributed by atoms with E-state index in [1.54, 1.807) is 12.1 Å². The molecule has 1 aromatic carbocycles. The smallest absolute Gasteiger partial charge is 0.126 e. The Balaban J connectivity index is 3.15. The van der Waals surface area contributed by atoms with Gasteiger partial charge >= 0.3 is 0 Å². The lowest BCUT2D eigenvalue weighted by Gasteiger charge is -2.04. The predicted molar refractivity (Wildman–Crippen MR) is 51.7 cm³/mol. The summed E-state index contributed by atoms with van der Waals surface area (Å²) in [6.07, 6.45) is 0.547. The number of rotatable bonds is 2. The van der Waals surface area contributed by atoms with Gasteiger partial charge < -0.3 is 10.3 Å². The Bertz CT molecular complexity index is 336. The number of halogens is 1. The van der Waals surface area contributed by atoms with Gasteiger partial charge in [-0.25, -0.2) is 0 Å². The van der Waals surface area contributed by atoms with Crippen LogP contribution in [0.25, 0.3) is 0 Å². The number of phenolic OH excluding ortho intramolecular Hbond substituents is 1. The van der Waals surface area contributed by atoms with E-state index in [1.807, 2.05) is 6.92 Å². The van der Waals surface area contributed by atoms with E-state index in [2.05, 4.69) is 5.16 Å². The van der Waals surface area contributed by atoms with Crippen LogP contribution >= 0.6 is 11.6 Å². The van der Waals surface area contributed by atoms with Crippen molar-refractivity contribution in [2.24, 2.45) is 5.16 Å². The second-order valence-electron chi connectivity index (χ2n) is 2.56. The zero-order valence-electron chi connectivity index (χ0n) is 7.16. The van der Waals surface area contributed by atoms with Crippen molar-refractivity contribution in [2.45, 2.75) is 13.3 Å². The maximum Gasteiger partial charge on any atom is 0.126 e. The van der Waals surface area contributed by atoms with Gasteiger partial charge in [0, 0.05) is 10.6 Å². The van der Waals surface area contributed by atoms with Crippen molar-refractivity contribution in [3.8, 4) is 5.75 Å². The molecule has 0 atom stereocenters. The molecule has 0 heterocycles. The highest BCUT2D eigenvalue weighted by Crippen LogP contribution is 2.23. The van der Waals surface area contributed by atoms with Gasteiger partial charge in [0.15, 0.2) is 0 Å². The third kappa shape index (κ3) is 2.12. The molecule has 3 nitrogen and oxygen atoms in total. The fourth-order valence-electron chi connectivity index (χ4n) is 1.06. The monoisotopic (exact) mass is 199 g/mol. The zero-order valence-corrected chi connectivity index (χ0v) is 7.91. The lowest BCUT2D eigenvalue weighted by Crippen LogP contribution is -1.98. The Morgan fingerprint density at radius 3 is 2.69 bits per heavy atom. The second kappa shape index (κ2) is 4.14. The molecule has 0 fully saturated rings. The Kier molecular flexibility index (Phi) is 3.14. The number of aromatic hydroxyl groups is 1. The van der Waals surface area contributed by atoms with Gasteiger partial charge in [-0.2, -0.15) is 0 Å². The fourth-order valence-corrected chi connectivity index (χ4v) is 1.23. The number of hydrogen-bond acceptors (Lipinski definition) is 3. The first kappa shape index (κ1) is 9.86. The van der Waals surface area contributed by atoms with Crippen molar-refractivity contribution in [3.05, 3.63) is 28.8 Å². The number of benzene rings is 1. The fraction of sp³-hybridized carbons (Fsp3) is 0.222. The summed E-state index contributed by atoms with van der Waals surface area (Å²) in [4.78, 5) is 0. The van der Waals surface area contributed by atoms with Crippen LogP contribution in [0.15, 0.2) is 23.4 Å². The van der Waals surface area contributed by atoms with Crippen molar-refractivity contribution >= 4 is 17.3 Å². The molecule has 0 bridgehead atoms. The highest BCUT2D eigenvalue weighted by molar-refractivity contribution is 6.30. The van der Waals surface area contributed by atoms with Gasteiger partial charge in [-0.3, -0.25) is 0 Å². The molecule has 1 rings (SSSR count). The van der Waals surface area contributed by atoms with Crippen LogP contribution in [0.3, 0.4) is 0 Å². The quantitative estimate of drug-likeness (QED) is 0.437. The summed E-state index contributed by atoms with van der Waals surface area (Å²) in [7, 11) is 0. The summed E-state index contributed by atoms with van der Waals surface area (Å²) >= 11 is 5.65. The third-order valence-corrected chi connectivity index (χ3v) is 1.96. The van der Waals surface area contributed by atoms with E-state index in [0.29, 0.717) is 22.7 Å². The maximum absolute atomic E-state index is 9.45. The minimum Gasteiger partial charge on any atom is -0.507 e. The van der Waals surface area contributed by atoms with E-state index in [1.165, 1.54) is 6.07 Å². The molecule has 0 saturated heterocycles. The predicted octanol–water partition coefficient (Wildman–Crippen LogP) is 2.63. The first-order chi connectivity index (χ1) is 6.19. The van der Waals surface area contributed by atoms with Crippen LogP contribution < -0.4 is 0 Å². The van der Waals surface area contributed by atoms with Crippen molar-refractivity contribution in [1.29, 1.82) is 0 Å². The number of phenols is 1. The van der Waals surface area contributed by atoms with Gasteiger partial charge in [-0.15, -0.1) is 0 Å². The Morgan fingerprint density at radius 2 is 2.23 bits per heavy atom. The molecule has 0 amide bonds. The van der Waals surface area contributed by atoms with Crippen LogP contribution in [0.2, 0.25) is 5.02 Å². The van der Waals surface area contributed by atoms with E-state index >= 15 is 0 Å². The van der Waals surface area contributed by atoms with Crippen LogP contribution in [-0.2, 0) is 0 Å². The molecule has 0 saturated carbocycles. The number of oxime groups is 1. The Labute approximate surface area is 81.3 Å². The second-order valence-corrected chi connectivity index (χ2v) is 3.00. The summed E-state index contributed by atoms with van der Waals surface area (Å²) in [5.74, 6) is 0.0298. The molecular weight excluding hydrogens is 190 g/mol. The van der Waals surface area contributed by atoms with Crippen molar-refractivity contribution < 1.29 is 10.3 Å². The molecule has 0 spiro atoms. The molecule has 13 heavy (non-hydrogen) atoms. The largest absolute Gasteiger partial charge is 0.507 e. The first-order valence-corrected chi connectivity index (χ1v) is 4.26. The summed E-state index contributed by atoms with van der Waals surface area (Å²) < 4.78 is 0. The number of hydrogen-bond donors (Lipinski definition) is 2. The zero-order chi connectivity index (χ0) is 9.84. The minimum absolute atomic E-state index is 0.0298. The van der Waals surface area contributed by atoms with Crippen LogP contribution in [0.1, 0.15) is 18.9 Å². The Hall–Kier alpha value is -1.22. The van der Waals surface area contributed by atoms with Gasteiger partial charge in [0.1, 0.15) is 5.75 Å². The molecule has 0 aliphatic heterocycles. The molecule has 70 valence electrons. The van der Waals surface area contributed by atoms with Crippen LogP contribution in [0.4, 0.5) is 0 Å². The van der Waals surface area contributed by atoms with Crippen LogP contribution in [-0.4, -0.2) is 16.0 Å².